The third-order valence-electron chi connectivity index (χ3n) is 3.43. The molecule has 1 aliphatic heterocycles. The van der Waals surface area contributed by atoms with Gasteiger partial charge in [-0.05, 0) is 17.7 Å². The van der Waals surface area contributed by atoms with Gasteiger partial charge in [0.15, 0.2) is 0 Å². The maximum Gasteiger partial charge on any atom is 0.414 e. The van der Waals surface area contributed by atoms with Crippen molar-refractivity contribution in [3.8, 4) is 0 Å². The number of nitrogens with zero attached hydrogens (tertiary/aromatic N) is 3. The zero-order valence-electron chi connectivity index (χ0n) is 12.0. The van der Waals surface area contributed by atoms with Crippen LogP contribution in [0.3, 0.4) is 0 Å². The molecule has 3 rings (SSSR count). The largest absolute Gasteiger partial charge is 0.447 e. The molecule has 1 aromatic heterocycles. The average Bonchev–Trinajstić information content (AvgIpc) is 3.09. The summed E-state index contributed by atoms with van der Waals surface area (Å²) in [7, 11) is 1.91. The number of rotatable bonds is 5. The predicted molar refractivity (Wildman–Crippen MR) is 78.9 cm³/mol. The number of cyclic esters (lactones) is 1. The van der Waals surface area contributed by atoms with Gasteiger partial charge in [0.25, 0.3) is 0 Å². The summed E-state index contributed by atoms with van der Waals surface area (Å²) in [5.41, 5.74) is 3.22. The lowest BCUT2D eigenvalue weighted by Gasteiger charge is -2.13. The standard InChI is InChI=1S/C15H18N4O2/c1-18-11-13(10-17-18)9-16-8-12-2-4-14(5-3-12)19-6-7-21-15(19)20/h2-5,10-11,16H,6-9H2,1H3. The normalized spacial score (nSPS) is 14.5. The highest BCUT2D eigenvalue weighted by atomic mass is 16.6. The van der Waals surface area contributed by atoms with E-state index in [4.69, 9.17) is 4.74 Å². The first kappa shape index (κ1) is 13.6. The number of amides is 1. The summed E-state index contributed by atoms with van der Waals surface area (Å²) in [5.74, 6) is 0. The molecule has 1 aliphatic rings. The van der Waals surface area contributed by atoms with Crippen molar-refractivity contribution < 1.29 is 9.53 Å². The van der Waals surface area contributed by atoms with Gasteiger partial charge in [-0.2, -0.15) is 5.10 Å². The van der Waals surface area contributed by atoms with Gasteiger partial charge in [0.05, 0.1) is 12.7 Å². The highest BCUT2D eigenvalue weighted by molar-refractivity contribution is 5.89. The Bertz CT molecular complexity index is 621. The Hall–Kier alpha value is -2.34. The predicted octanol–water partition coefficient (Wildman–Crippen LogP) is 1.67. The lowest BCUT2D eigenvalue weighted by atomic mass is 10.2. The second kappa shape index (κ2) is 5.97. The maximum absolute atomic E-state index is 11.5. The average molecular weight is 286 g/mol. The maximum atomic E-state index is 11.5. The molecular weight excluding hydrogens is 268 g/mol. The van der Waals surface area contributed by atoms with Crippen molar-refractivity contribution in [1.29, 1.82) is 0 Å². The van der Waals surface area contributed by atoms with Gasteiger partial charge in [-0.1, -0.05) is 12.1 Å². The molecule has 1 fully saturated rings. The van der Waals surface area contributed by atoms with E-state index in [0.29, 0.717) is 13.2 Å². The fraction of sp³-hybridized carbons (Fsp3) is 0.333. The molecule has 0 unspecified atom stereocenters. The minimum absolute atomic E-state index is 0.266. The van der Waals surface area contributed by atoms with E-state index in [-0.39, 0.29) is 6.09 Å². The Morgan fingerprint density at radius 3 is 2.62 bits per heavy atom. The van der Waals surface area contributed by atoms with Crippen LogP contribution in [0.2, 0.25) is 0 Å². The Morgan fingerprint density at radius 1 is 1.24 bits per heavy atom. The van der Waals surface area contributed by atoms with E-state index in [1.54, 1.807) is 9.58 Å². The SMILES string of the molecule is Cn1cc(CNCc2ccc(N3CCOC3=O)cc2)cn1. The van der Waals surface area contributed by atoms with Crippen LogP contribution in [-0.2, 0) is 24.9 Å². The Balaban J connectivity index is 1.53. The topological polar surface area (TPSA) is 59.4 Å². The lowest BCUT2D eigenvalue weighted by molar-refractivity contribution is 0.181. The molecule has 2 heterocycles. The van der Waals surface area contributed by atoms with E-state index in [1.807, 2.05) is 43.7 Å². The van der Waals surface area contributed by atoms with E-state index >= 15 is 0 Å². The van der Waals surface area contributed by atoms with Gasteiger partial charge in [-0.15, -0.1) is 0 Å². The number of nitrogens with one attached hydrogen (secondary N) is 1. The third-order valence-corrected chi connectivity index (χ3v) is 3.43. The van der Waals surface area contributed by atoms with E-state index in [9.17, 15) is 4.79 Å². The first-order chi connectivity index (χ1) is 10.2. The summed E-state index contributed by atoms with van der Waals surface area (Å²) in [6.45, 7) is 2.65. The Morgan fingerprint density at radius 2 is 2.00 bits per heavy atom. The number of benzene rings is 1. The van der Waals surface area contributed by atoms with Crippen molar-refractivity contribution in [2.24, 2.45) is 7.05 Å². The minimum atomic E-state index is -0.266. The molecule has 1 saturated heterocycles. The summed E-state index contributed by atoms with van der Waals surface area (Å²) < 4.78 is 6.73. The van der Waals surface area contributed by atoms with Crippen molar-refractivity contribution in [1.82, 2.24) is 15.1 Å². The van der Waals surface area contributed by atoms with Gasteiger partial charge < -0.3 is 10.1 Å². The summed E-state index contributed by atoms with van der Waals surface area (Å²) in [6.07, 6.45) is 3.59. The van der Waals surface area contributed by atoms with Crippen LogP contribution in [0, 0.1) is 0 Å². The van der Waals surface area contributed by atoms with E-state index in [1.165, 1.54) is 5.56 Å². The molecule has 6 heteroatoms. The Labute approximate surface area is 123 Å². The molecule has 1 N–H and O–H groups in total. The quantitative estimate of drug-likeness (QED) is 0.908. The number of hydrogen-bond acceptors (Lipinski definition) is 4. The number of ether oxygens (including phenoxy) is 1. The Kier molecular flexibility index (Phi) is 3.87. The van der Waals surface area contributed by atoms with Crippen molar-refractivity contribution in [3.05, 3.63) is 47.8 Å². The van der Waals surface area contributed by atoms with Gasteiger partial charge in [0.2, 0.25) is 0 Å². The van der Waals surface area contributed by atoms with E-state index < -0.39 is 0 Å². The molecule has 0 aliphatic carbocycles. The van der Waals surface area contributed by atoms with Crippen molar-refractivity contribution >= 4 is 11.8 Å². The summed E-state index contributed by atoms with van der Waals surface area (Å²) in [6, 6.07) is 7.95. The second-order valence-corrected chi connectivity index (χ2v) is 5.06. The van der Waals surface area contributed by atoms with Crippen LogP contribution >= 0.6 is 0 Å². The molecular formula is C15H18N4O2. The van der Waals surface area contributed by atoms with Crippen LogP contribution in [0.15, 0.2) is 36.7 Å². The monoisotopic (exact) mass is 286 g/mol. The number of aromatic nitrogens is 2. The molecule has 1 aromatic carbocycles. The number of aryl methyl sites for hydroxylation is 1. The van der Waals surface area contributed by atoms with Gasteiger partial charge in [-0.25, -0.2) is 4.79 Å². The van der Waals surface area contributed by atoms with Gasteiger partial charge in [0.1, 0.15) is 6.61 Å². The van der Waals surface area contributed by atoms with Crippen LogP contribution in [0.25, 0.3) is 0 Å². The zero-order valence-corrected chi connectivity index (χ0v) is 12.0. The van der Waals surface area contributed by atoms with E-state index in [0.717, 1.165) is 24.3 Å². The molecule has 6 nitrogen and oxygen atoms in total. The zero-order chi connectivity index (χ0) is 14.7. The van der Waals surface area contributed by atoms with Crippen LogP contribution in [0.4, 0.5) is 10.5 Å². The molecule has 0 spiro atoms. The van der Waals surface area contributed by atoms with E-state index in [2.05, 4.69) is 10.4 Å². The highest BCUT2D eigenvalue weighted by Crippen LogP contribution is 2.19. The highest BCUT2D eigenvalue weighted by Gasteiger charge is 2.23. The number of anilines is 1. The van der Waals surface area contributed by atoms with Crippen LogP contribution in [0.5, 0.6) is 0 Å². The number of carbonyl (C=O) groups excluding carboxylic acids is 1. The first-order valence-corrected chi connectivity index (χ1v) is 6.94. The fourth-order valence-corrected chi connectivity index (χ4v) is 2.34. The molecule has 0 atom stereocenters. The molecule has 1 amide bonds. The van der Waals surface area contributed by atoms with Crippen molar-refractivity contribution in [3.63, 3.8) is 0 Å². The molecule has 110 valence electrons. The summed E-state index contributed by atoms with van der Waals surface area (Å²) in [4.78, 5) is 13.1. The fourth-order valence-electron chi connectivity index (χ4n) is 2.34. The summed E-state index contributed by atoms with van der Waals surface area (Å²) in [5, 5.41) is 7.50. The molecule has 2 aromatic rings. The first-order valence-electron chi connectivity index (χ1n) is 6.94. The number of carbonyl (C=O) groups is 1. The second-order valence-electron chi connectivity index (χ2n) is 5.06. The van der Waals surface area contributed by atoms with Crippen LogP contribution in [0.1, 0.15) is 11.1 Å². The smallest absolute Gasteiger partial charge is 0.414 e. The summed E-state index contributed by atoms with van der Waals surface area (Å²) >= 11 is 0. The third kappa shape index (κ3) is 3.22. The molecule has 21 heavy (non-hydrogen) atoms. The van der Waals surface area contributed by atoms with Crippen molar-refractivity contribution in [2.75, 3.05) is 18.1 Å². The molecule has 0 bridgehead atoms. The lowest BCUT2D eigenvalue weighted by Crippen LogP contribution is -2.23. The van der Waals surface area contributed by atoms with Crippen LogP contribution < -0.4 is 10.2 Å². The number of hydrogen-bond donors (Lipinski definition) is 1. The van der Waals surface area contributed by atoms with Gasteiger partial charge >= 0.3 is 6.09 Å². The van der Waals surface area contributed by atoms with Crippen molar-refractivity contribution in [2.45, 2.75) is 13.1 Å². The molecule has 0 radical (unpaired) electrons. The van der Waals surface area contributed by atoms with Crippen LogP contribution in [-0.4, -0.2) is 29.0 Å². The van der Waals surface area contributed by atoms with Gasteiger partial charge in [-0.3, -0.25) is 9.58 Å². The molecule has 0 saturated carbocycles. The minimum Gasteiger partial charge on any atom is -0.447 e. The van der Waals surface area contributed by atoms with Gasteiger partial charge in [0, 0.05) is 37.6 Å².